The third-order valence-electron chi connectivity index (χ3n) is 13.0. The van der Waals surface area contributed by atoms with Crippen LogP contribution in [0.4, 0.5) is 60.5 Å². The first-order chi connectivity index (χ1) is 32.6. The molecule has 0 bridgehead atoms. The summed E-state index contributed by atoms with van der Waals surface area (Å²) in [6, 6.07) is 50.7. The SMILES string of the molecule is CC(C)c1ccc(N(c2ccc(C(F)(F)F)cc2)c2ccc3cc4c(cc3c2)oc2ccc3oc5cc6cc(N(c7ccc(C(C)C)cc7)c7ccc(C(F)(F)F)cc7)ccc6cc5c3c24)cc1. The van der Waals surface area contributed by atoms with Gasteiger partial charge in [-0.15, -0.1) is 0 Å². The zero-order valence-electron chi connectivity index (χ0n) is 37.3. The molecule has 68 heavy (non-hydrogen) atoms. The van der Waals surface area contributed by atoms with Gasteiger partial charge in [0, 0.05) is 55.7 Å². The van der Waals surface area contributed by atoms with Gasteiger partial charge in [0.1, 0.15) is 22.3 Å². The zero-order chi connectivity index (χ0) is 47.2. The van der Waals surface area contributed by atoms with E-state index in [1.165, 1.54) is 24.3 Å². The van der Waals surface area contributed by atoms with Crippen LogP contribution in [0.1, 0.15) is 61.8 Å². The van der Waals surface area contributed by atoms with Crippen molar-refractivity contribution in [2.24, 2.45) is 0 Å². The number of benzene rings is 9. The van der Waals surface area contributed by atoms with Gasteiger partial charge in [0.05, 0.1) is 11.1 Å². The predicted molar refractivity (Wildman–Crippen MR) is 264 cm³/mol. The average Bonchev–Trinajstić information content (AvgIpc) is 3.87. The molecule has 338 valence electrons. The second kappa shape index (κ2) is 16.0. The maximum absolute atomic E-state index is 13.6. The van der Waals surface area contributed by atoms with Crippen molar-refractivity contribution in [2.45, 2.75) is 51.9 Å². The molecule has 9 aromatic carbocycles. The molecule has 4 nitrogen and oxygen atoms in total. The molecule has 0 fully saturated rings. The highest BCUT2D eigenvalue weighted by Gasteiger charge is 2.31. The Morgan fingerprint density at radius 2 is 0.662 bits per heavy atom. The van der Waals surface area contributed by atoms with Crippen LogP contribution in [0.2, 0.25) is 0 Å². The molecule has 0 N–H and O–H groups in total. The van der Waals surface area contributed by atoms with Gasteiger partial charge in [-0.05, 0) is 178 Å². The van der Waals surface area contributed by atoms with E-state index in [9.17, 15) is 26.3 Å². The Morgan fingerprint density at radius 1 is 0.338 bits per heavy atom. The Hall–Kier alpha value is -7.72. The Balaban J connectivity index is 1.01. The maximum atomic E-state index is 13.6. The van der Waals surface area contributed by atoms with Crippen molar-refractivity contribution in [1.82, 2.24) is 0 Å². The van der Waals surface area contributed by atoms with Crippen LogP contribution in [0.25, 0.3) is 65.4 Å². The van der Waals surface area contributed by atoms with Crippen LogP contribution >= 0.6 is 0 Å². The molecule has 0 aliphatic carbocycles. The minimum Gasteiger partial charge on any atom is -0.456 e. The second-order valence-electron chi connectivity index (χ2n) is 18.0. The van der Waals surface area contributed by atoms with E-state index in [0.717, 1.165) is 101 Å². The molecule has 0 atom stereocenters. The monoisotopic (exact) mass is 912 g/mol. The van der Waals surface area contributed by atoms with E-state index in [-0.39, 0.29) is 0 Å². The fourth-order valence-electron chi connectivity index (χ4n) is 9.38. The standard InChI is InChI=1S/C58H42F6N2O2/c1-33(2)35-5-15-43(16-6-35)65(45-21-11-41(12-22-45)57(59,60)61)47-19-9-37-29-49-53(31-39(37)27-47)67-51-25-26-52-56(55(49)51)50-30-38-10-20-48(28-40(38)32-54(50)68-52)66(44-17-7-36(8-18-44)34(3)4)46-23-13-42(14-24-46)58(62,63)64/h5-34H,1-4H3. The molecule has 11 aromatic rings. The van der Waals surface area contributed by atoms with Crippen molar-refractivity contribution < 1.29 is 35.2 Å². The number of fused-ring (bicyclic) bond motifs is 9. The number of alkyl halides is 6. The molecule has 0 spiro atoms. The van der Waals surface area contributed by atoms with Crippen LogP contribution in [0.15, 0.2) is 179 Å². The van der Waals surface area contributed by atoms with E-state index in [0.29, 0.717) is 45.5 Å². The van der Waals surface area contributed by atoms with Crippen molar-refractivity contribution in [1.29, 1.82) is 0 Å². The highest BCUT2D eigenvalue weighted by molar-refractivity contribution is 6.28. The lowest BCUT2D eigenvalue weighted by Crippen LogP contribution is -2.11. The Bertz CT molecular complexity index is 3450. The third-order valence-corrected chi connectivity index (χ3v) is 13.0. The van der Waals surface area contributed by atoms with Gasteiger partial charge in [-0.3, -0.25) is 0 Å². The molecule has 0 saturated heterocycles. The van der Waals surface area contributed by atoms with Gasteiger partial charge in [0.25, 0.3) is 0 Å². The van der Waals surface area contributed by atoms with Crippen LogP contribution in [-0.2, 0) is 12.4 Å². The first-order valence-corrected chi connectivity index (χ1v) is 22.4. The number of hydrogen-bond donors (Lipinski definition) is 0. The molecule has 10 heteroatoms. The summed E-state index contributed by atoms with van der Waals surface area (Å²) in [7, 11) is 0. The van der Waals surface area contributed by atoms with E-state index in [4.69, 9.17) is 8.83 Å². The number of hydrogen-bond acceptors (Lipinski definition) is 4. The van der Waals surface area contributed by atoms with Gasteiger partial charge < -0.3 is 18.6 Å². The molecule has 11 rings (SSSR count). The molecule has 0 unspecified atom stereocenters. The Morgan fingerprint density at radius 3 is 0.985 bits per heavy atom. The minimum absolute atomic E-state index is 0.311. The summed E-state index contributed by atoms with van der Waals surface area (Å²) in [5.41, 5.74) is 7.93. The summed E-state index contributed by atoms with van der Waals surface area (Å²) in [5.74, 6) is 0.622. The predicted octanol–water partition coefficient (Wildman–Crippen LogP) is 19.0. The summed E-state index contributed by atoms with van der Waals surface area (Å²) in [6.07, 6.45) is -8.91. The number of rotatable bonds is 8. The molecule has 0 saturated carbocycles. The number of halogens is 6. The highest BCUT2D eigenvalue weighted by Crippen LogP contribution is 2.45. The van der Waals surface area contributed by atoms with Gasteiger partial charge in [-0.25, -0.2) is 0 Å². The van der Waals surface area contributed by atoms with Crippen molar-refractivity contribution in [3.05, 3.63) is 192 Å². The molecule has 2 aromatic heterocycles. The summed E-state index contributed by atoms with van der Waals surface area (Å²) in [5, 5.41) is 7.31. The average molecular weight is 913 g/mol. The van der Waals surface area contributed by atoms with Crippen LogP contribution < -0.4 is 9.80 Å². The number of furan rings is 2. The fraction of sp³-hybridized carbons (Fsp3) is 0.138. The first kappa shape index (κ1) is 42.9. The Labute approximate surface area is 387 Å². The van der Waals surface area contributed by atoms with Gasteiger partial charge in [0.2, 0.25) is 0 Å². The van der Waals surface area contributed by atoms with E-state index in [1.807, 2.05) is 119 Å². The van der Waals surface area contributed by atoms with Crippen LogP contribution in [0.3, 0.4) is 0 Å². The summed E-state index contributed by atoms with van der Waals surface area (Å²) in [6.45, 7) is 8.45. The summed E-state index contributed by atoms with van der Waals surface area (Å²) in [4.78, 5) is 3.91. The van der Waals surface area contributed by atoms with Crippen LogP contribution in [0.5, 0.6) is 0 Å². The van der Waals surface area contributed by atoms with E-state index >= 15 is 0 Å². The zero-order valence-corrected chi connectivity index (χ0v) is 37.3. The molecule has 0 aliphatic rings. The van der Waals surface area contributed by atoms with Crippen molar-refractivity contribution in [2.75, 3.05) is 9.80 Å². The normalized spacial score (nSPS) is 12.5. The van der Waals surface area contributed by atoms with E-state index < -0.39 is 23.5 Å². The van der Waals surface area contributed by atoms with Gasteiger partial charge in [0.15, 0.2) is 0 Å². The molecule has 0 aliphatic heterocycles. The lowest BCUT2D eigenvalue weighted by Gasteiger charge is -2.26. The van der Waals surface area contributed by atoms with Crippen LogP contribution in [-0.4, -0.2) is 0 Å². The van der Waals surface area contributed by atoms with Crippen molar-refractivity contribution in [3.63, 3.8) is 0 Å². The highest BCUT2D eigenvalue weighted by atomic mass is 19.4. The topological polar surface area (TPSA) is 32.8 Å². The smallest absolute Gasteiger partial charge is 0.416 e. The van der Waals surface area contributed by atoms with Gasteiger partial charge in [-0.2, -0.15) is 26.3 Å². The number of anilines is 6. The summed E-state index contributed by atoms with van der Waals surface area (Å²) < 4.78 is 94.8. The molecule has 0 amide bonds. The van der Waals surface area contributed by atoms with Crippen molar-refractivity contribution >= 4 is 99.5 Å². The molecular formula is C58H42F6N2O2. The van der Waals surface area contributed by atoms with Crippen LogP contribution in [0, 0.1) is 0 Å². The summed E-state index contributed by atoms with van der Waals surface area (Å²) >= 11 is 0. The lowest BCUT2D eigenvalue weighted by molar-refractivity contribution is -0.138. The van der Waals surface area contributed by atoms with E-state index in [1.54, 1.807) is 0 Å². The third kappa shape index (κ3) is 7.54. The van der Waals surface area contributed by atoms with Gasteiger partial charge in [-0.1, -0.05) is 64.1 Å². The largest absolute Gasteiger partial charge is 0.456 e. The van der Waals surface area contributed by atoms with Crippen molar-refractivity contribution in [3.8, 4) is 0 Å². The molecular weight excluding hydrogens is 871 g/mol. The maximum Gasteiger partial charge on any atom is 0.416 e. The minimum atomic E-state index is -4.46. The second-order valence-corrected chi connectivity index (χ2v) is 18.0. The first-order valence-electron chi connectivity index (χ1n) is 22.4. The van der Waals surface area contributed by atoms with Gasteiger partial charge >= 0.3 is 12.4 Å². The number of nitrogens with zero attached hydrogens (tertiary/aromatic N) is 2. The molecule has 0 radical (unpaired) electrons. The molecule has 2 heterocycles. The Kier molecular flexibility index (Phi) is 10.1. The fourth-order valence-corrected chi connectivity index (χ4v) is 9.38. The quantitative estimate of drug-likeness (QED) is 0.142. The lowest BCUT2D eigenvalue weighted by atomic mass is 10.00. The van der Waals surface area contributed by atoms with E-state index in [2.05, 4.69) is 39.8 Å².